The Morgan fingerprint density at radius 1 is 1.04 bits per heavy atom. The van der Waals surface area contributed by atoms with Crippen LogP contribution in [0.2, 0.25) is 0 Å². The molecule has 122 valence electrons. The first-order valence-electron chi connectivity index (χ1n) is 8.09. The number of aromatic nitrogens is 6. The van der Waals surface area contributed by atoms with Crippen LogP contribution in [0.25, 0.3) is 11.5 Å². The van der Waals surface area contributed by atoms with E-state index in [2.05, 4.69) is 29.8 Å². The lowest BCUT2D eigenvalue weighted by molar-refractivity contribution is 0.681. The van der Waals surface area contributed by atoms with Gasteiger partial charge in [-0.25, -0.2) is 19.9 Å². The normalized spacial score (nSPS) is 17.4. The van der Waals surface area contributed by atoms with Gasteiger partial charge >= 0.3 is 0 Å². The summed E-state index contributed by atoms with van der Waals surface area (Å²) in [5.74, 6) is 2.56. The summed E-state index contributed by atoms with van der Waals surface area (Å²) < 4.78 is 1.97. The van der Waals surface area contributed by atoms with E-state index in [0.717, 1.165) is 48.2 Å². The van der Waals surface area contributed by atoms with Gasteiger partial charge in [-0.15, -0.1) is 0 Å². The number of nitrogens with zero attached hydrogens (tertiary/aromatic N) is 7. The summed E-state index contributed by atoms with van der Waals surface area (Å²) in [6, 6.07) is 2.11. The molecule has 1 aliphatic rings. The van der Waals surface area contributed by atoms with Crippen LogP contribution < -0.4 is 4.90 Å². The summed E-state index contributed by atoms with van der Waals surface area (Å²) in [5.41, 5.74) is 1.80. The highest BCUT2D eigenvalue weighted by Gasteiger charge is 2.31. The summed E-state index contributed by atoms with van der Waals surface area (Å²) in [6.07, 6.45) is 11.1. The molecule has 0 aromatic carbocycles. The van der Waals surface area contributed by atoms with E-state index >= 15 is 0 Å². The number of hydrogen-bond donors (Lipinski definition) is 0. The van der Waals surface area contributed by atoms with E-state index in [1.807, 2.05) is 37.0 Å². The number of imidazole rings is 1. The number of anilines is 1. The first-order chi connectivity index (χ1) is 11.7. The fraction of sp³-hybridized carbons (Fsp3) is 0.353. The third-order valence-electron chi connectivity index (χ3n) is 4.38. The van der Waals surface area contributed by atoms with E-state index < -0.39 is 0 Å². The van der Waals surface area contributed by atoms with Crippen molar-refractivity contribution in [1.82, 2.24) is 29.5 Å². The van der Waals surface area contributed by atoms with Gasteiger partial charge in [-0.3, -0.25) is 4.98 Å². The van der Waals surface area contributed by atoms with Crippen LogP contribution in [0.3, 0.4) is 0 Å². The van der Waals surface area contributed by atoms with Crippen molar-refractivity contribution in [2.75, 3.05) is 11.4 Å². The Hall–Kier alpha value is -2.83. The average Bonchev–Trinajstić information content (AvgIpc) is 3.23. The van der Waals surface area contributed by atoms with Gasteiger partial charge in [0, 0.05) is 44.6 Å². The standard InChI is InChI=1S/C17H19N7/c1-12-18-6-5-14(22-12)24-10-3-4-13(24)15-16(20-8-7-19-15)17-21-9-11-23(17)2/h5-9,11,13H,3-4,10H2,1-2H3. The van der Waals surface area contributed by atoms with Gasteiger partial charge in [-0.05, 0) is 25.8 Å². The molecule has 7 heteroatoms. The molecule has 0 N–H and O–H groups in total. The van der Waals surface area contributed by atoms with Crippen LogP contribution in [0.4, 0.5) is 5.82 Å². The Morgan fingerprint density at radius 3 is 2.71 bits per heavy atom. The van der Waals surface area contributed by atoms with E-state index in [4.69, 9.17) is 0 Å². The monoisotopic (exact) mass is 321 g/mol. The number of aryl methyl sites for hydroxylation is 2. The zero-order valence-corrected chi connectivity index (χ0v) is 13.8. The predicted octanol–water partition coefficient (Wildman–Crippen LogP) is 2.32. The SMILES string of the molecule is Cc1nccc(N2CCCC2c2nccnc2-c2nccn2C)n1. The van der Waals surface area contributed by atoms with Gasteiger partial charge in [0.25, 0.3) is 0 Å². The molecule has 7 nitrogen and oxygen atoms in total. The predicted molar refractivity (Wildman–Crippen MR) is 90.3 cm³/mol. The first-order valence-corrected chi connectivity index (χ1v) is 8.09. The smallest absolute Gasteiger partial charge is 0.160 e. The highest BCUT2D eigenvalue weighted by molar-refractivity contribution is 5.56. The highest BCUT2D eigenvalue weighted by atomic mass is 15.2. The summed E-state index contributed by atoms with van der Waals surface area (Å²) in [6.45, 7) is 2.87. The molecule has 4 heterocycles. The second-order valence-electron chi connectivity index (χ2n) is 5.97. The quantitative estimate of drug-likeness (QED) is 0.737. The molecule has 24 heavy (non-hydrogen) atoms. The minimum atomic E-state index is 0.152. The van der Waals surface area contributed by atoms with E-state index in [0.29, 0.717) is 0 Å². The van der Waals surface area contributed by atoms with Crippen molar-refractivity contribution in [3.63, 3.8) is 0 Å². The Morgan fingerprint density at radius 2 is 1.92 bits per heavy atom. The molecule has 3 aromatic rings. The van der Waals surface area contributed by atoms with Crippen LogP contribution in [0.5, 0.6) is 0 Å². The molecular weight excluding hydrogens is 302 g/mol. The fourth-order valence-electron chi connectivity index (χ4n) is 3.29. The zero-order chi connectivity index (χ0) is 16.5. The van der Waals surface area contributed by atoms with Gasteiger partial charge in [0.1, 0.15) is 17.3 Å². The summed E-state index contributed by atoms with van der Waals surface area (Å²) in [7, 11) is 1.97. The van der Waals surface area contributed by atoms with E-state index in [1.54, 1.807) is 18.6 Å². The topological polar surface area (TPSA) is 72.6 Å². The fourth-order valence-corrected chi connectivity index (χ4v) is 3.29. The molecule has 1 fully saturated rings. The minimum absolute atomic E-state index is 0.152. The lowest BCUT2D eigenvalue weighted by Crippen LogP contribution is -2.25. The maximum atomic E-state index is 4.66. The summed E-state index contributed by atoms with van der Waals surface area (Å²) in [4.78, 5) is 24.8. The van der Waals surface area contributed by atoms with Crippen LogP contribution in [-0.2, 0) is 7.05 Å². The lowest BCUT2D eigenvalue weighted by Gasteiger charge is -2.26. The molecule has 0 saturated carbocycles. The van der Waals surface area contributed by atoms with Crippen molar-refractivity contribution in [2.45, 2.75) is 25.8 Å². The van der Waals surface area contributed by atoms with Crippen LogP contribution >= 0.6 is 0 Å². The number of hydrogen-bond acceptors (Lipinski definition) is 6. The van der Waals surface area contributed by atoms with E-state index in [-0.39, 0.29) is 6.04 Å². The highest BCUT2D eigenvalue weighted by Crippen LogP contribution is 2.37. The number of rotatable bonds is 3. The first kappa shape index (κ1) is 14.7. The summed E-state index contributed by atoms with van der Waals surface area (Å²) in [5, 5.41) is 0. The van der Waals surface area contributed by atoms with Crippen LogP contribution in [-0.4, -0.2) is 36.0 Å². The van der Waals surface area contributed by atoms with Crippen LogP contribution in [0.1, 0.15) is 30.4 Å². The van der Waals surface area contributed by atoms with Crippen LogP contribution in [0, 0.1) is 6.92 Å². The largest absolute Gasteiger partial charge is 0.348 e. The van der Waals surface area contributed by atoms with Crippen molar-refractivity contribution < 1.29 is 0 Å². The van der Waals surface area contributed by atoms with Gasteiger partial charge in [0.15, 0.2) is 5.82 Å². The molecule has 0 radical (unpaired) electrons. The van der Waals surface area contributed by atoms with E-state index in [1.165, 1.54) is 0 Å². The van der Waals surface area contributed by atoms with Crippen LogP contribution in [0.15, 0.2) is 37.1 Å². The Balaban J connectivity index is 1.77. The van der Waals surface area contributed by atoms with Gasteiger partial charge in [-0.2, -0.15) is 0 Å². The molecule has 1 atom stereocenters. The molecule has 1 saturated heterocycles. The molecule has 0 aliphatic carbocycles. The third-order valence-corrected chi connectivity index (χ3v) is 4.38. The third kappa shape index (κ3) is 2.51. The lowest BCUT2D eigenvalue weighted by atomic mass is 10.1. The molecule has 1 aliphatic heterocycles. The van der Waals surface area contributed by atoms with E-state index in [9.17, 15) is 0 Å². The molecule has 0 spiro atoms. The second-order valence-corrected chi connectivity index (χ2v) is 5.97. The van der Waals surface area contributed by atoms with Crippen molar-refractivity contribution >= 4 is 5.82 Å². The minimum Gasteiger partial charge on any atom is -0.348 e. The van der Waals surface area contributed by atoms with Crippen molar-refractivity contribution in [2.24, 2.45) is 7.05 Å². The maximum absolute atomic E-state index is 4.66. The molecule has 0 bridgehead atoms. The Kier molecular flexibility index (Phi) is 3.68. The van der Waals surface area contributed by atoms with Crippen molar-refractivity contribution in [3.8, 4) is 11.5 Å². The van der Waals surface area contributed by atoms with Crippen molar-refractivity contribution in [3.05, 3.63) is 48.6 Å². The molecular formula is C17H19N7. The molecule has 3 aromatic heterocycles. The molecule has 1 unspecified atom stereocenters. The summed E-state index contributed by atoms with van der Waals surface area (Å²) >= 11 is 0. The Bertz CT molecular complexity index is 857. The molecule has 4 rings (SSSR count). The maximum Gasteiger partial charge on any atom is 0.160 e. The Labute approximate surface area is 140 Å². The van der Waals surface area contributed by atoms with Gasteiger partial charge < -0.3 is 9.47 Å². The zero-order valence-electron chi connectivity index (χ0n) is 13.8. The van der Waals surface area contributed by atoms with Gasteiger partial charge in [0.2, 0.25) is 0 Å². The van der Waals surface area contributed by atoms with Gasteiger partial charge in [-0.1, -0.05) is 0 Å². The molecule has 0 amide bonds. The van der Waals surface area contributed by atoms with Gasteiger partial charge in [0.05, 0.1) is 11.7 Å². The van der Waals surface area contributed by atoms with Crippen molar-refractivity contribution in [1.29, 1.82) is 0 Å². The second kappa shape index (κ2) is 5.99. The average molecular weight is 321 g/mol.